The zero-order valence-electron chi connectivity index (χ0n) is 17.5. The molecule has 3 aliphatic rings. The molecule has 0 saturated heterocycles. The third-order valence-electron chi connectivity index (χ3n) is 6.55. The molecule has 3 aromatic heterocycles. The first-order chi connectivity index (χ1) is 15.7. The minimum Gasteiger partial charge on any atom is -0.324 e. The number of thiazole rings is 1. The Morgan fingerprint density at radius 2 is 2.03 bits per heavy atom. The van der Waals surface area contributed by atoms with Crippen LogP contribution in [0.2, 0.25) is 0 Å². The molecule has 2 saturated carbocycles. The predicted molar refractivity (Wildman–Crippen MR) is 124 cm³/mol. The van der Waals surface area contributed by atoms with Crippen molar-refractivity contribution >= 4 is 34.0 Å². The molecule has 162 valence electrons. The first-order valence-corrected chi connectivity index (χ1v) is 12.2. The molecule has 0 bridgehead atoms. The van der Waals surface area contributed by atoms with Gasteiger partial charge >= 0.3 is 0 Å². The van der Waals surface area contributed by atoms with E-state index in [1.165, 1.54) is 24.0 Å². The van der Waals surface area contributed by atoms with Crippen molar-refractivity contribution < 1.29 is 0 Å². The van der Waals surface area contributed by atoms with Gasteiger partial charge in [0.15, 0.2) is 5.65 Å². The van der Waals surface area contributed by atoms with Crippen LogP contribution in [0, 0.1) is 0 Å². The van der Waals surface area contributed by atoms with E-state index in [2.05, 4.69) is 39.2 Å². The van der Waals surface area contributed by atoms with Crippen LogP contribution < -0.4 is 16.2 Å². The molecule has 0 spiro atoms. The van der Waals surface area contributed by atoms with Crippen LogP contribution in [0.5, 0.6) is 0 Å². The summed E-state index contributed by atoms with van der Waals surface area (Å²) in [6, 6.07) is 6.60. The van der Waals surface area contributed by atoms with Crippen LogP contribution in [0.1, 0.15) is 54.5 Å². The molecule has 1 aromatic carbocycles. The van der Waals surface area contributed by atoms with Crippen molar-refractivity contribution in [3.8, 4) is 5.13 Å². The number of benzene rings is 1. The third-order valence-corrected chi connectivity index (χ3v) is 7.39. The fourth-order valence-electron chi connectivity index (χ4n) is 4.52. The molecule has 2 fully saturated rings. The van der Waals surface area contributed by atoms with Crippen molar-refractivity contribution in [2.45, 2.75) is 50.6 Å². The summed E-state index contributed by atoms with van der Waals surface area (Å²) in [5.74, 6) is 1.07. The Hall–Kier alpha value is -3.04. The van der Waals surface area contributed by atoms with E-state index in [1.54, 1.807) is 17.5 Å². The average molecular weight is 446 g/mol. The van der Waals surface area contributed by atoms with Gasteiger partial charge in [-0.3, -0.25) is 4.79 Å². The Balaban J connectivity index is 1.32. The van der Waals surface area contributed by atoms with Crippen molar-refractivity contribution in [2.75, 3.05) is 11.9 Å². The van der Waals surface area contributed by atoms with E-state index in [4.69, 9.17) is 9.97 Å². The normalized spacial score (nSPS) is 18.1. The summed E-state index contributed by atoms with van der Waals surface area (Å²) >= 11 is 1.59. The van der Waals surface area contributed by atoms with Crippen LogP contribution in [-0.2, 0) is 13.0 Å². The zero-order chi connectivity index (χ0) is 21.2. The van der Waals surface area contributed by atoms with E-state index in [-0.39, 0.29) is 11.6 Å². The fraction of sp³-hybridized carbons (Fsp3) is 0.391. The SMILES string of the molecule is O=c1c2cnc(Nc3ccc4c(c3)CCNC4)nc2n(-c2nc(C3CC3)cs2)n1C1CC1. The maximum atomic E-state index is 13.2. The molecule has 4 heterocycles. The lowest BCUT2D eigenvalue weighted by molar-refractivity contribution is 0.558. The van der Waals surface area contributed by atoms with Gasteiger partial charge in [-0.25, -0.2) is 19.3 Å². The summed E-state index contributed by atoms with van der Waals surface area (Å²) < 4.78 is 3.77. The molecule has 9 heteroatoms. The van der Waals surface area contributed by atoms with Gasteiger partial charge in [-0.1, -0.05) is 6.07 Å². The van der Waals surface area contributed by atoms with Crippen LogP contribution in [0.15, 0.2) is 34.6 Å². The van der Waals surface area contributed by atoms with Crippen LogP contribution in [0.4, 0.5) is 11.6 Å². The molecule has 32 heavy (non-hydrogen) atoms. The first kappa shape index (κ1) is 18.5. The number of rotatable bonds is 5. The van der Waals surface area contributed by atoms with Gasteiger partial charge in [0, 0.05) is 29.7 Å². The highest BCUT2D eigenvalue weighted by Gasteiger charge is 2.32. The van der Waals surface area contributed by atoms with Crippen molar-refractivity contribution in [2.24, 2.45) is 0 Å². The number of aromatic nitrogens is 5. The van der Waals surface area contributed by atoms with Crippen molar-refractivity contribution in [1.29, 1.82) is 0 Å². The second-order valence-corrected chi connectivity index (χ2v) is 9.82. The fourth-order valence-corrected chi connectivity index (χ4v) is 5.42. The molecule has 2 aliphatic carbocycles. The van der Waals surface area contributed by atoms with Gasteiger partial charge in [0.25, 0.3) is 5.56 Å². The number of hydrogen-bond acceptors (Lipinski definition) is 7. The Morgan fingerprint density at radius 3 is 2.88 bits per heavy atom. The average Bonchev–Trinajstić information content (AvgIpc) is 3.75. The molecule has 0 atom stereocenters. The van der Waals surface area contributed by atoms with E-state index >= 15 is 0 Å². The zero-order valence-corrected chi connectivity index (χ0v) is 18.4. The third kappa shape index (κ3) is 3.07. The summed E-state index contributed by atoms with van der Waals surface area (Å²) in [4.78, 5) is 27.3. The largest absolute Gasteiger partial charge is 0.324 e. The monoisotopic (exact) mass is 445 g/mol. The van der Waals surface area contributed by atoms with Crippen molar-refractivity contribution in [3.63, 3.8) is 0 Å². The minimum atomic E-state index is -0.0292. The maximum absolute atomic E-state index is 13.2. The standard InChI is InChI=1S/C23H23N7OS/c31-21-18-11-25-22(26-16-4-3-15-10-24-8-7-14(15)9-16)28-20(18)30(29(21)17-5-6-17)23-27-19(12-32-23)13-1-2-13/h3-4,9,11-13,17,24H,1-2,5-8,10H2,(H,25,26,28). The molecule has 0 unspecified atom stereocenters. The number of nitrogens with zero attached hydrogens (tertiary/aromatic N) is 5. The highest BCUT2D eigenvalue weighted by atomic mass is 32.1. The summed E-state index contributed by atoms with van der Waals surface area (Å²) in [6.45, 7) is 1.91. The smallest absolute Gasteiger partial charge is 0.278 e. The Labute approximate surface area is 188 Å². The molecular weight excluding hydrogens is 422 g/mol. The Morgan fingerprint density at radius 1 is 1.12 bits per heavy atom. The molecule has 1 aliphatic heterocycles. The lowest BCUT2D eigenvalue weighted by Gasteiger charge is -2.18. The number of anilines is 2. The summed E-state index contributed by atoms with van der Waals surface area (Å²) in [5.41, 5.74) is 5.38. The van der Waals surface area contributed by atoms with Crippen molar-refractivity contribution in [1.82, 2.24) is 29.6 Å². The van der Waals surface area contributed by atoms with Gasteiger partial charge in [0.05, 0.1) is 11.7 Å². The second-order valence-electron chi connectivity index (χ2n) is 8.99. The second kappa shape index (κ2) is 6.98. The lowest BCUT2D eigenvalue weighted by atomic mass is 10.0. The van der Waals surface area contributed by atoms with Gasteiger partial charge in [0.1, 0.15) is 5.39 Å². The van der Waals surface area contributed by atoms with E-state index < -0.39 is 0 Å². The number of fused-ring (bicyclic) bond motifs is 2. The van der Waals surface area contributed by atoms with Gasteiger partial charge in [-0.15, -0.1) is 11.3 Å². The molecule has 4 aromatic rings. The Bertz CT molecular complexity index is 1410. The highest BCUT2D eigenvalue weighted by molar-refractivity contribution is 7.12. The quantitative estimate of drug-likeness (QED) is 0.488. The first-order valence-electron chi connectivity index (χ1n) is 11.3. The maximum Gasteiger partial charge on any atom is 0.278 e. The van der Waals surface area contributed by atoms with Gasteiger partial charge in [-0.2, -0.15) is 4.98 Å². The summed E-state index contributed by atoms with van der Waals surface area (Å²) in [5, 5.41) is 10.2. The lowest BCUT2D eigenvalue weighted by Crippen LogP contribution is -2.23. The topological polar surface area (TPSA) is 89.7 Å². The predicted octanol–water partition coefficient (Wildman–Crippen LogP) is 3.64. The van der Waals surface area contributed by atoms with Gasteiger partial charge in [-0.05, 0) is 61.9 Å². The summed E-state index contributed by atoms with van der Waals surface area (Å²) in [6.07, 6.45) is 7.11. The molecule has 8 nitrogen and oxygen atoms in total. The van der Waals surface area contributed by atoms with Crippen LogP contribution >= 0.6 is 11.3 Å². The minimum absolute atomic E-state index is 0.0292. The van der Waals surface area contributed by atoms with Gasteiger partial charge in [0.2, 0.25) is 11.1 Å². The van der Waals surface area contributed by atoms with E-state index in [0.717, 1.165) is 48.9 Å². The van der Waals surface area contributed by atoms with E-state index in [9.17, 15) is 4.79 Å². The number of nitrogens with one attached hydrogen (secondary N) is 2. The van der Waals surface area contributed by atoms with E-state index in [0.29, 0.717) is 22.9 Å². The molecular formula is C23H23N7OS. The van der Waals surface area contributed by atoms with Crippen LogP contribution in [-0.4, -0.2) is 30.9 Å². The molecule has 0 radical (unpaired) electrons. The molecule has 7 rings (SSSR count). The van der Waals surface area contributed by atoms with Crippen LogP contribution in [0.25, 0.3) is 16.2 Å². The van der Waals surface area contributed by atoms with E-state index in [1.807, 2.05) is 9.36 Å². The molecule has 0 amide bonds. The van der Waals surface area contributed by atoms with Crippen LogP contribution in [0.3, 0.4) is 0 Å². The van der Waals surface area contributed by atoms with Crippen molar-refractivity contribution in [3.05, 3.63) is 57.0 Å². The molecule has 2 N–H and O–H groups in total. The van der Waals surface area contributed by atoms with Gasteiger partial charge < -0.3 is 10.6 Å². The Kier molecular flexibility index (Phi) is 4.04. The summed E-state index contributed by atoms with van der Waals surface area (Å²) in [7, 11) is 0. The highest BCUT2D eigenvalue weighted by Crippen LogP contribution is 2.41. The number of hydrogen-bond donors (Lipinski definition) is 2.